The molecule has 10 atom stereocenters. The molecule has 32 heavy (non-hydrogen) atoms. The Labute approximate surface area is 196 Å². The smallest absolute Gasteiger partial charge is 0.155 e. The van der Waals surface area contributed by atoms with Crippen LogP contribution in [0.15, 0.2) is 11.6 Å². The number of hydrogen-bond acceptors (Lipinski definition) is 3. The largest absolute Gasteiger partial charge is 0.390 e. The lowest BCUT2D eigenvalue weighted by atomic mass is 9.46. The molecule has 0 bridgehead atoms. The van der Waals surface area contributed by atoms with Crippen LogP contribution >= 0.6 is 0 Å². The van der Waals surface area contributed by atoms with Gasteiger partial charge in [-0.1, -0.05) is 53.5 Å². The fourth-order valence-electron chi connectivity index (χ4n) is 9.37. The Bertz CT molecular complexity index is 741. The SMILES string of the molecule is CC[C@@H](C(C)C)[C@H](O)[C@@H](O)[C@@H](C)[C@H]1CCC2C3CCC4=CC(=O)CC[C@]4(C)C3CC[C@@]21C. The molecule has 0 amide bonds. The van der Waals surface area contributed by atoms with Crippen LogP contribution in [0.25, 0.3) is 0 Å². The van der Waals surface area contributed by atoms with E-state index in [2.05, 4.69) is 41.5 Å². The van der Waals surface area contributed by atoms with Crippen molar-refractivity contribution in [1.82, 2.24) is 0 Å². The van der Waals surface area contributed by atoms with Gasteiger partial charge in [-0.2, -0.15) is 0 Å². The molecule has 3 saturated carbocycles. The first-order valence-corrected chi connectivity index (χ1v) is 13.6. The fraction of sp³-hybridized carbons (Fsp3) is 0.897. The zero-order valence-corrected chi connectivity index (χ0v) is 21.4. The number of hydrogen-bond donors (Lipinski definition) is 2. The Morgan fingerprint density at radius 2 is 1.69 bits per heavy atom. The van der Waals surface area contributed by atoms with E-state index in [0.717, 1.165) is 37.5 Å². The van der Waals surface area contributed by atoms with Crippen LogP contribution in [0.4, 0.5) is 0 Å². The normalized spacial score (nSPS) is 43.0. The molecule has 3 fully saturated rings. The van der Waals surface area contributed by atoms with Gasteiger partial charge in [0.05, 0.1) is 12.2 Å². The van der Waals surface area contributed by atoms with Crippen molar-refractivity contribution in [3.8, 4) is 0 Å². The van der Waals surface area contributed by atoms with Crippen LogP contribution in [0.3, 0.4) is 0 Å². The molecule has 3 heteroatoms. The van der Waals surface area contributed by atoms with E-state index in [1.165, 1.54) is 37.7 Å². The third-order valence-electron chi connectivity index (χ3n) is 11.3. The predicted octanol–water partition coefficient (Wildman–Crippen LogP) is 6.17. The Kier molecular flexibility index (Phi) is 6.75. The summed E-state index contributed by atoms with van der Waals surface area (Å²) in [7, 11) is 0. The first kappa shape index (κ1) is 24.5. The molecule has 0 heterocycles. The van der Waals surface area contributed by atoms with Crippen molar-refractivity contribution < 1.29 is 15.0 Å². The molecule has 0 aliphatic heterocycles. The van der Waals surface area contributed by atoms with E-state index in [0.29, 0.717) is 23.5 Å². The number of fused-ring (bicyclic) bond motifs is 5. The number of aliphatic hydroxyl groups is 2. The van der Waals surface area contributed by atoms with Gasteiger partial charge >= 0.3 is 0 Å². The van der Waals surface area contributed by atoms with Crippen molar-refractivity contribution in [2.75, 3.05) is 0 Å². The van der Waals surface area contributed by atoms with E-state index in [1.54, 1.807) is 0 Å². The second kappa shape index (κ2) is 8.84. The summed E-state index contributed by atoms with van der Waals surface area (Å²) >= 11 is 0. The minimum atomic E-state index is -0.636. The van der Waals surface area contributed by atoms with Gasteiger partial charge in [-0.15, -0.1) is 0 Å². The molecule has 4 rings (SSSR count). The summed E-state index contributed by atoms with van der Waals surface area (Å²) in [6.07, 6.45) is 10.7. The quantitative estimate of drug-likeness (QED) is 0.515. The van der Waals surface area contributed by atoms with E-state index in [4.69, 9.17) is 0 Å². The molecule has 0 spiro atoms. The molecule has 4 aliphatic carbocycles. The third kappa shape index (κ3) is 3.74. The van der Waals surface area contributed by atoms with Gasteiger partial charge in [-0.3, -0.25) is 4.79 Å². The molecule has 3 unspecified atom stereocenters. The molecule has 0 saturated heterocycles. The van der Waals surface area contributed by atoms with Gasteiger partial charge in [0, 0.05) is 6.42 Å². The van der Waals surface area contributed by atoms with Crippen molar-refractivity contribution in [1.29, 1.82) is 0 Å². The predicted molar refractivity (Wildman–Crippen MR) is 130 cm³/mol. The van der Waals surface area contributed by atoms with E-state index in [1.807, 2.05) is 6.08 Å². The lowest BCUT2D eigenvalue weighted by Gasteiger charge is -2.58. The lowest BCUT2D eigenvalue weighted by molar-refractivity contribution is -0.118. The molecular formula is C29H48O3. The highest BCUT2D eigenvalue weighted by molar-refractivity contribution is 5.91. The monoisotopic (exact) mass is 444 g/mol. The standard InChI is InChI=1S/C29H48O3/c1-7-21(17(2)3)27(32)26(31)18(4)23-10-11-24-22-9-8-19-16-20(30)12-14-28(19,5)25(22)13-15-29(23,24)6/h16-18,21-27,31-32H,7-15H2,1-6H3/t18-,21-,22?,23+,24?,25?,26-,27-,28-,29+/m0/s1. The Morgan fingerprint density at radius 1 is 0.969 bits per heavy atom. The Morgan fingerprint density at radius 3 is 2.34 bits per heavy atom. The molecule has 0 aromatic heterocycles. The molecule has 2 N–H and O–H groups in total. The summed E-state index contributed by atoms with van der Waals surface area (Å²) in [5.74, 6) is 3.68. The number of rotatable bonds is 6. The third-order valence-corrected chi connectivity index (χ3v) is 11.3. The van der Waals surface area contributed by atoms with Crippen LogP contribution in [0.2, 0.25) is 0 Å². The van der Waals surface area contributed by atoms with Crippen LogP contribution in [0.5, 0.6) is 0 Å². The van der Waals surface area contributed by atoms with Gasteiger partial charge in [0.15, 0.2) is 5.78 Å². The van der Waals surface area contributed by atoms with Gasteiger partial charge in [-0.25, -0.2) is 0 Å². The second-order valence-corrected chi connectivity index (χ2v) is 12.9. The Balaban J connectivity index is 1.53. The number of carbonyl (C=O) groups excluding carboxylic acids is 1. The zero-order valence-electron chi connectivity index (χ0n) is 21.4. The number of ketones is 1. The average Bonchev–Trinajstić information content (AvgIpc) is 3.10. The highest BCUT2D eigenvalue weighted by atomic mass is 16.3. The molecule has 3 nitrogen and oxygen atoms in total. The Hall–Kier alpha value is -0.670. The summed E-state index contributed by atoms with van der Waals surface area (Å²) in [6.45, 7) is 13.6. The van der Waals surface area contributed by atoms with Crippen molar-refractivity contribution >= 4 is 5.78 Å². The van der Waals surface area contributed by atoms with Crippen LogP contribution in [-0.4, -0.2) is 28.2 Å². The molecule has 0 radical (unpaired) electrons. The van der Waals surface area contributed by atoms with Gasteiger partial charge in [0.25, 0.3) is 0 Å². The maximum absolute atomic E-state index is 12.1. The number of aliphatic hydroxyl groups excluding tert-OH is 2. The van der Waals surface area contributed by atoms with Crippen LogP contribution < -0.4 is 0 Å². The van der Waals surface area contributed by atoms with Crippen molar-refractivity contribution in [3.05, 3.63) is 11.6 Å². The fourth-order valence-corrected chi connectivity index (χ4v) is 9.37. The average molecular weight is 445 g/mol. The van der Waals surface area contributed by atoms with E-state index in [-0.39, 0.29) is 22.7 Å². The minimum Gasteiger partial charge on any atom is -0.390 e. The van der Waals surface area contributed by atoms with E-state index in [9.17, 15) is 15.0 Å². The highest BCUT2D eigenvalue weighted by Gasteiger charge is 2.60. The molecule has 4 aliphatic rings. The summed E-state index contributed by atoms with van der Waals surface area (Å²) in [4.78, 5) is 12.1. The van der Waals surface area contributed by atoms with Crippen LogP contribution in [0.1, 0.15) is 99.3 Å². The van der Waals surface area contributed by atoms with Crippen LogP contribution in [-0.2, 0) is 4.79 Å². The molecular weight excluding hydrogens is 396 g/mol. The van der Waals surface area contributed by atoms with Gasteiger partial charge in [0.1, 0.15) is 0 Å². The van der Waals surface area contributed by atoms with Crippen molar-refractivity contribution in [3.63, 3.8) is 0 Å². The lowest BCUT2D eigenvalue weighted by Crippen LogP contribution is -2.52. The molecule has 0 aromatic carbocycles. The summed E-state index contributed by atoms with van der Waals surface area (Å²) in [5.41, 5.74) is 1.94. The second-order valence-electron chi connectivity index (χ2n) is 12.9. The zero-order chi connectivity index (χ0) is 23.4. The van der Waals surface area contributed by atoms with Gasteiger partial charge < -0.3 is 10.2 Å². The van der Waals surface area contributed by atoms with Gasteiger partial charge in [-0.05, 0) is 103 Å². The van der Waals surface area contributed by atoms with Crippen molar-refractivity contribution in [2.24, 2.45) is 52.3 Å². The summed E-state index contributed by atoms with van der Waals surface area (Å²) in [6, 6.07) is 0. The van der Waals surface area contributed by atoms with E-state index < -0.39 is 12.2 Å². The minimum absolute atomic E-state index is 0.131. The topological polar surface area (TPSA) is 57.5 Å². The first-order chi connectivity index (χ1) is 15.0. The highest BCUT2D eigenvalue weighted by Crippen LogP contribution is 2.67. The van der Waals surface area contributed by atoms with Crippen molar-refractivity contribution in [2.45, 2.75) is 112 Å². The molecule has 182 valence electrons. The van der Waals surface area contributed by atoms with Crippen LogP contribution in [0, 0.1) is 52.3 Å². The molecule has 0 aromatic rings. The van der Waals surface area contributed by atoms with E-state index >= 15 is 0 Å². The maximum atomic E-state index is 12.1. The summed E-state index contributed by atoms with van der Waals surface area (Å²) in [5, 5.41) is 22.3. The number of carbonyl (C=O) groups is 1. The maximum Gasteiger partial charge on any atom is 0.155 e. The first-order valence-electron chi connectivity index (χ1n) is 13.6. The number of allylic oxidation sites excluding steroid dienone is 1. The van der Waals surface area contributed by atoms with Gasteiger partial charge in [0.2, 0.25) is 0 Å². The summed E-state index contributed by atoms with van der Waals surface area (Å²) < 4.78 is 0.